The van der Waals surface area contributed by atoms with Crippen LogP contribution >= 0.6 is 0 Å². The van der Waals surface area contributed by atoms with E-state index < -0.39 is 35.5 Å². The molecule has 2 aromatic carbocycles. The SMILES string of the molecule is COC(=O)CC(NC(=O)CCNC(=O)c1ccc(F)cc1F)c1ccc(C)cc1. The van der Waals surface area contributed by atoms with Gasteiger partial charge < -0.3 is 15.4 Å². The Kier molecular flexibility index (Phi) is 7.82. The number of carbonyl (C=O) groups is 3. The summed E-state index contributed by atoms with van der Waals surface area (Å²) in [5.41, 5.74) is 1.47. The Morgan fingerprint density at radius 3 is 2.38 bits per heavy atom. The largest absolute Gasteiger partial charge is 0.469 e. The van der Waals surface area contributed by atoms with Crippen molar-refractivity contribution in [1.29, 1.82) is 0 Å². The van der Waals surface area contributed by atoms with Crippen LogP contribution in [0, 0.1) is 18.6 Å². The minimum absolute atomic E-state index is 0.0432. The maximum Gasteiger partial charge on any atom is 0.307 e. The number of ether oxygens (including phenoxy) is 1. The number of rotatable bonds is 8. The predicted octanol–water partition coefficient (Wildman–Crippen LogP) is 2.81. The van der Waals surface area contributed by atoms with Crippen LogP contribution in [0.4, 0.5) is 8.78 Å². The molecule has 8 heteroatoms. The van der Waals surface area contributed by atoms with E-state index in [1.165, 1.54) is 7.11 Å². The number of hydrogen-bond donors (Lipinski definition) is 2. The second kappa shape index (κ2) is 10.3. The lowest BCUT2D eigenvalue weighted by atomic mass is 10.0. The van der Waals surface area contributed by atoms with Gasteiger partial charge in [-0.1, -0.05) is 29.8 Å². The first-order valence-corrected chi connectivity index (χ1v) is 8.96. The predicted molar refractivity (Wildman–Crippen MR) is 102 cm³/mol. The van der Waals surface area contributed by atoms with Gasteiger partial charge in [-0.3, -0.25) is 14.4 Å². The van der Waals surface area contributed by atoms with Crippen LogP contribution in [0.25, 0.3) is 0 Å². The minimum Gasteiger partial charge on any atom is -0.469 e. The van der Waals surface area contributed by atoms with Crippen molar-refractivity contribution in [2.45, 2.75) is 25.8 Å². The van der Waals surface area contributed by atoms with Crippen molar-refractivity contribution in [2.75, 3.05) is 13.7 Å². The monoisotopic (exact) mass is 404 g/mol. The summed E-state index contributed by atoms with van der Waals surface area (Å²) < 4.78 is 31.2. The molecular weight excluding hydrogens is 382 g/mol. The van der Waals surface area contributed by atoms with E-state index in [9.17, 15) is 23.2 Å². The van der Waals surface area contributed by atoms with Crippen molar-refractivity contribution in [2.24, 2.45) is 0 Å². The quantitative estimate of drug-likeness (QED) is 0.663. The number of benzene rings is 2. The van der Waals surface area contributed by atoms with Gasteiger partial charge in [0, 0.05) is 19.0 Å². The molecule has 0 radical (unpaired) electrons. The van der Waals surface area contributed by atoms with Gasteiger partial charge in [0.05, 0.1) is 25.1 Å². The van der Waals surface area contributed by atoms with E-state index in [2.05, 4.69) is 15.4 Å². The molecule has 0 spiro atoms. The Hall–Kier alpha value is -3.29. The molecule has 0 bridgehead atoms. The minimum atomic E-state index is -0.982. The summed E-state index contributed by atoms with van der Waals surface area (Å²) in [5, 5.41) is 5.14. The molecule has 0 saturated heterocycles. The average Bonchev–Trinajstić information content (AvgIpc) is 2.67. The highest BCUT2D eigenvalue weighted by Gasteiger charge is 2.19. The van der Waals surface area contributed by atoms with E-state index in [1.807, 2.05) is 31.2 Å². The van der Waals surface area contributed by atoms with Gasteiger partial charge in [-0.25, -0.2) is 8.78 Å². The Bertz CT molecular complexity index is 885. The van der Waals surface area contributed by atoms with Crippen LogP contribution in [-0.4, -0.2) is 31.4 Å². The third-order valence-corrected chi connectivity index (χ3v) is 4.23. The Balaban J connectivity index is 1.92. The molecule has 0 saturated carbocycles. The summed E-state index contributed by atoms with van der Waals surface area (Å²) >= 11 is 0. The van der Waals surface area contributed by atoms with Crippen LogP contribution in [0.15, 0.2) is 42.5 Å². The van der Waals surface area contributed by atoms with E-state index in [1.54, 1.807) is 0 Å². The van der Waals surface area contributed by atoms with Gasteiger partial charge in [0.1, 0.15) is 11.6 Å². The van der Waals surface area contributed by atoms with Gasteiger partial charge in [-0.05, 0) is 24.6 Å². The van der Waals surface area contributed by atoms with Crippen molar-refractivity contribution in [3.63, 3.8) is 0 Å². The number of methoxy groups -OCH3 is 1. The molecule has 0 heterocycles. The molecule has 0 fully saturated rings. The number of hydrogen-bond acceptors (Lipinski definition) is 4. The lowest BCUT2D eigenvalue weighted by molar-refractivity contribution is -0.141. The second-order valence-corrected chi connectivity index (χ2v) is 6.44. The molecule has 2 rings (SSSR count). The molecule has 154 valence electrons. The number of halogens is 2. The van der Waals surface area contributed by atoms with Crippen LogP contribution in [0.2, 0.25) is 0 Å². The Morgan fingerprint density at radius 2 is 1.76 bits per heavy atom. The zero-order valence-corrected chi connectivity index (χ0v) is 16.1. The van der Waals surface area contributed by atoms with Crippen molar-refractivity contribution in [1.82, 2.24) is 10.6 Å². The zero-order chi connectivity index (χ0) is 21.4. The van der Waals surface area contributed by atoms with E-state index in [0.29, 0.717) is 6.07 Å². The summed E-state index contributed by atoms with van der Waals surface area (Å²) in [6.45, 7) is 1.87. The summed E-state index contributed by atoms with van der Waals surface area (Å²) in [5.74, 6) is -3.40. The third-order valence-electron chi connectivity index (χ3n) is 4.23. The van der Waals surface area contributed by atoms with Gasteiger partial charge in [0.25, 0.3) is 5.91 Å². The first-order valence-electron chi connectivity index (χ1n) is 8.96. The highest BCUT2D eigenvalue weighted by Crippen LogP contribution is 2.18. The third kappa shape index (κ3) is 6.67. The molecule has 0 aliphatic heterocycles. The molecule has 1 atom stereocenters. The molecule has 6 nitrogen and oxygen atoms in total. The van der Waals surface area contributed by atoms with E-state index >= 15 is 0 Å². The standard InChI is InChI=1S/C21H22F2N2O4/c1-13-3-5-14(6-4-13)18(12-20(27)29-2)25-19(26)9-10-24-21(28)16-8-7-15(22)11-17(16)23/h3-8,11,18H,9-10,12H2,1-2H3,(H,24,28)(H,25,26). The first-order chi connectivity index (χ1) is 13.8. The molecule has 2 amide bonds. The molecule has 29 heavy (non-hydrogen) atoms. The molecule has 0 aliphatic carbocycles. The maximum absolute atomic E-state index is 13.6. The smallest absolute Gasteiger partial charge is 0.307 e. The van der Waals surface area contributed by atoms with Crippen LogP contribution in [-0.2, 0) is 14.3 Å². The highest BCUT2D eigenvalue weighted by molar-refractivity contribution is 5.94. The molecule has 0 aliphatic rings. The fourth-order valence-electron chi connectivity index (χ4n) is 2.63. The van der Waals surface area contributed by atoms with E-state index in [0.717, 1.165) is 23.3 Å². The van der Waals surface area contributed by atoms with Crippen molar-refractivity contribution in [3.05, 3.63) is 70.8 Å². The Labute approximate surface area is 167 Å². The summed E-state index contributed by atoms with van der Waals surface area (Å²) in [7, 11) is 1.26. The maximum atomic E-state index is 13.6. The fraction of sp³-hybridized carbons (Fsp3) is 0.286. The van der Waals surface area contributed by atoms with Gasteiger partial charge in [-0.15, -0.1) is 0 Å². The summed E-state index contributed by atoms with van der Waals surface area (Å²) in [6, 6.07) is 9.38. The van der Waals surface area contributed by atoms with Gasteiger partial charge in [0.15, 0.2) is 0 Å². The summed E-state index contributed by atoms with van der Waals surface area (Å²) in [6.07, 6.45) is -0.128. The lowest BCUT2D eigenvalue weighted by Crippen LogP contribution is -2.34. The first kappa shape index (κ1) is 22.0. The summed E-state index contributed by atoms with van der Waals surface area (Å²) in [4.78, 5) is 35.9. The van der Waals surface area contributed by atoms with Crippen LogP contribution in [0.1, 0.15) is 40.4 Å². The van der Waals surface area contributed by atoms with E-state index in [4.69, 9.17) is 0 Å². The molecule has 2 aromatic rings. The number of amides is 2. The number of aryl methyl sites for hydroxylation is 1. The lowest BCUT2D eigenvalue weighted by Gasteiger charge is -2.18. The van der Waals surface area contributed by atoms with Crippen molar-refractivity contribution in [3.8, 4) is 0 Å². The number of carbonyl (C=O) groups excluding carboxylic acids is 3. The fourth-order valence-corrected chi connectivity index (χ4v) is 2.63. The van der Waals surface area contributed by atoms with Gasteiger partial charge in [0.2, 0.25) is 5.91 Å². The second-order valence-electron chi connectivity index (χ2n) is 6.44. The van der Waals surface area contributed by atoms with Crippen molar-refractivity contribution < 1.29 is 27.9 Å². The number of esters is 1. The van der Waals surface area contributed by atoms with Crippen molar-refractivity contribution >= 4 is 17.8 Å². The van der Waals surface area contributed by atoms with Gasteiger partial charge in [-0.2, -0.15) is 0 Å². The number of nitrogens with one attached hydrogen (secondary N) is 2. The van der Waals surface area contributed by atoms with Crippen LogP contribution < -0.4 is 10.6 Å². The molecular formula is C21H22F2N2O4. The van der Waals surface area contributed by atoms with E-state index in [-0.39, 0.29) is 24.9 Å². The molecule has 1 unspecified atom stereocenters. The van der Waals surface area contributed by atoms with Crippen LogP contribution in [0.5, 0.6) is 0 Å². The highest BCUT2D eigenvalue weighted by atomic mass is 19.1. The normalized spacial score (nSPS) is 11.4. The zero-order valence-electron chi connectivity index (χ0n) is 16.1. The Morgan fingerprint density at radius 1 is 1.07 bits per heavy atom. The van der Waals surface area contributed by atoms with Gasteiger partial charge >= 0.3 is 5.97 Å². The van der Waals surface area contributed by atoms with Crippen LogP contribution in [0.3, 0.4) is 0 Å². The average molecular weight is 404 g/mol. The molecule has 0 aromatic heterocycles. The molecule has 2 N–H and O–H groups in total. The topological polar surface area (TPSA) is 84.5 Å².